The molecule has 1 aromatic rings. The van der Waals surface area contributed by atoms with E-state index in [1.807, 2.05) is 0 Å². The molecule has 0 bridgehead atoms. The van der Waals surface area contributed by atoms with Gasteiger partial charge in [-0.2, -0.15) is 0 Å². The van der Waals surface area contributed by atoms with Crippen LogP contribution in [0.25, 0.3) is 6.08 Å². The van der Waals surface area contributed by atoms with Crippen molar-refractivity contribution < 1.29 is 4.74 Å². The van der Waals surface area contributed by atoms with Gasteiger partial charge in [0.1, 0.15) is 0 Å². The van der Waals surface area contributed by atoms with Crippen LogP contribution in [-0.2, 0) is 4.74 Å². The molecule has 1 aromatic carbocycles. The number of hydrogen-bond acceptors (Lipinski definition) is 2. The Labute approximate surface area is 123 Å². The maximum absolute atomic E-state index is 5.55. The molecule has 2 aliphatic heterocycles. The van der Waals surface area contributed by atoms with Crippen LogP contribution >= 0.6 is 15.9 Å². The maximum Gasteiger partial charge on any atom is 0.0670 e. The van der Waals surface area contributed by atoms with E-state index < -0.39 is 0 Å². The molecular formula is C16H20BrNO. The van der Waals surface area contributed by atoms with Gasteiger partial charge in [-0.3, -0.25) is 0 Å². The van der Waals surface area contributed by atoms with Gasteiger partial charge in [0, 0.05) is 23.3 Å². The van der Waals surface area contributed by atoms with Crippen LogP contribution in [0.1, 0.15) is 31.2 Å². The molecule has 1 atom stereocenters. The van der Waals surface area contributed by atoms with Crippen molar-refractivity contribution in [1.82, 2.24) is 4.90 Å². The number of rotatable bonds is 2. The first-order valence-corrected chi connectivity index (χ1v) is 7.93. The molecule has 2 fully saturated rings. The fourth-order valence-electron chi connectivity index (χ4n) is 2.97. The summed E-state index contributed by atoms with van der Waals surface area (Å²) < 4.78 is 6.69. The molecule has 102 valence electrons. The average molecular weight is 322 g/mol. The molecule has 2 nitrogen and oxygen atoms in total. The highest BCUT2D eigenvalue weighted by molar-refractivity contribution is 9.10. The first kappa shape index (κ1) is 13.2. The van der Waals surface area contributed by atoms with Gasteiger partial charge in [0.15, 0.2) is 0 Å². The summed E-state index contributed by atoms with van der Waals surface area (Å²) in [6, 6.07) is 9.17. The minimum Gasteiger partial charge on any atom is -0.379 e. The third-order valence-corrected chi connectivity index (χ3v) is 4.53. The number of allylic oxidation sites excluding steroid dienone is 1. The Bertz CT molecular complexity index is 448. The second-order valence-electron chi connectivity index (χ2n) is 5.36. The van der Waals surface area contributed by atoms with E-state index in [0.29, 0.717) is 6.04 Å². The van der Waals surface area contributed by atoms with E-state index in [2.05, 4.69) is 51.2 Å². The number of ether oxygens (including phenoxy) is 1. The Morgan fingerprint density at radius 3 is 2.79 bits per heavy atom. The van der Waals surface area contributed by atoms with Gasteiger partial charge >= 0.3 is 0 Å². The molecule has 2 saturated heterocycles. The van der Waals surface area contributed by atoms with Crippen molar-refractivity contribution in [3.05, 3.63) is 40.0 Å². The van der Waals surface area contributed by atoms with Gasteiger partial charge in [-0.1, -0.05) is 28.1 Å². The van der Waals surface area contributed by atoms with Gasteiger partial charge in [0.05, 0.1) is 12.6 Å². The molecule has 19 heavy (non-hydrogen) atoms. The molecule has 0 aromatic heterocycles. The summed E-state index contributed by atoms with van der Waals surface area (Å²) in [6.07, 6.45) is 7.36. The first-order valence-electron chi connectivity index (χ1n) is 7.13. The normalized spacial score (nSPS) is 26.1. The highest BCUT2D eigenvalue weighted by Gasteiger charge is 2.26. The van der Waals surface area contributed by atoms with Crippen LogP contribution in [0.5, 0.6) is 0 Å². The summed E-state index contributed by atoms with van der Waals surface area (Å²) in [5.74, 6) is 0. The average Bonchev–Trinajstić information content (AvgIpc) is 2.96. The molecule has 0 radical (unpaired) electrons. The molecule has 1 unspecified atom stereocenters. The summed E-state index contributed by atoms with van der Waals surface area (Å²) in [4.78, 5) is 2.58. The van der Waals surface area contributed by atoms with Crippen LogP contribution in [0.4, 0.5) is 0 Å². The summed E-state index contributed by atoms with van der Waals surface area (Å²) in [7, 11) is 0. The summed E-state index contributed by atoms with van der Waals surface area (Å²) in [5.41, 5.74) is 2.79. The first-order chi connectivity index (χ1) is 9.33. The molecule has 2 aliphatic rings. The molecule has 0 saturated carbocycles. The van der Waals surface area contributed by atoms with E-state index in [0.717, 1.165) is 17.7 Å². The number of benzene rings is 1. The zero-order valence-electron chi connectivity index (χ0n) is 11.1. The van der Waals surface area contributed by atoms with Gasteiger partial charge in [-0.05, 0) is 49.5 Å². The lowest BCUT2D eigenvalue weighted by Crippen LogP contribution is -2.37. The fourth-order valence-corrected chi connectivity index (χ4v) is 3.23. The Kier molecular flexibility index (Phi) is 4.24. The van der Waals surface area contributed by atoms with E-state index in [1.165, 1.54) is 43.5 Å². The smallest absolute Gasteiger partial charge is 0.0670 e. The zero-order valence-corrected chi connectivity index (χ0v) is 12.7. The molecule has 2 heterocycles. The monoisotopic (exact) mass is 321 g/mol. The van der Waals surface area contributed by atoms with Crippen LogP contribution in [0.15, 0.2) is 34.4 Å². The van der Waals surface area contributed by atoms with Crippen LogP contribution in [0.3, 0.4) is 0 Å². The quantitative estimate of drug-likeness (QED) is 0.814. The van der Waals surface area contributed by atoms with Crippen LogP contribution in [0.2, 0.25) is 0 Å². The van der Waals surface area contributed by atoms with E-state index in [4.69, 9.17) is 4.74 Å². The zero-order chi connectivity index (χ0) is 13.1. The standard InChI is InChI=1S/C16H20BrNO/c17-14-6-4-13(5-7-14)11-15-3-1-2-9-18(15)16-8-10-19-12-16/h4-7,11,16H,1-3,8-10,12H2. The Balaban J connectivity index is 1.80. The summed E-state index contributed by atoms with van der Waals surface area (Å²) >= 11 is 3.49. The number of piperidine rings is 1. The summed E-state index contributed by atoms with van der Waals surface area (Å²) in [6.45, 7) is 3.01. The van der Waals surface area contributed by atoms with Crippen LogP contribution in [0, 0.1) is 0 Å². The number of likely N-dealkylation sites (tertiary alicyclic amines) is 1. The predicted molar refractivity (Wildman–Crippen MR) is 81.9 cm³/mol. The molecule has 0 spiro atoms. The van der Waals surface area contributed by atoms with Crippen molar-refractivity contribution in [3.63, 3.8) is 0 Å². The van der Waals surface area contributed by atoms with Gasteiger partial charge in [0.2, 0.25) is 0 Å². The van der Waals surface area contributed by atoms with Crippen molar-refractivity contribution in [1.29, 1.82) is 0 Å². The molecule has 0 aliphatic carbocycles. The summed E-state index contributed by atoms with van der Waals surface area (Å²) in [5, 5.41) is 0. The number of hydrogen-bond donors (Lipinski definition) is 0. The largest absolute Gasteiger partial charge is 0.379 e. The van der Waals surface area contributed by atoms with Crippen LogP contribution < -0.4 is 0 Å². The van der Waals surface area contributed by atoms with E-state index in [-0.39, 0.29) is 0 Å². The van der Waals surface area contributed by atoms with Crippen LogP contribution in [-0.4, -0.2) is 30.7 Å². The van der Waals surface area contributed by atoms with Gasteiger partial charge in [-0.15, -0.1) is 0 Å². The fraction of sp³-hybridized carbons (Fsp3) is 0.500. The predicted octanol–water partition coefficient (Wildman–Crippen LogP) is 4.06. The van der Waals surface area contributed by atoms with Gasteiger partial charge in [0.25, 0.3) is 0 Å². The maximum atomic E-state index is 5.55. The lowest BCUT2D eigenvalue weighted by atomic mass is 10.0. The molecule has 0 amide bonds. The van der Waals surface area contributed by atoms with Crippen molar-refractivity contribution in [2.24, 2.45) is 0 Å². The Hall–Kier alpha value is -0.800. The number of nitrogens with zero attached hydrogens (tertiary/aromatic N) is 1. The van der Waals surface area contributed by atoms with Gasteiger partial charge < -0.3 is 9.64 Å². The molecule has 3 rings (SSSR count). The lowest BCUT2D eigenvalue weighted by molar-refractivity contribution is 0.153. The van der Waals surface area contributed by atoms with E-state index in [1.54, 1.807) is 0 Å². The topological polar surface area (TPSA) is 12.5 Å². The minimum absolute atomic E-state index is 0.599. The third kappa shape index (κ3) is 3.21. The lowest BCUT2D eigenvalue weighted by Gasteiger charge is -2.36. The molecule has 0 N–H and O–H groups in total. The third-order valence-electron chi connectivity index (χ3n) is 4.00. The van der Waals surface area contributed by atoms with Crippen molar-refractivity contribution >= 4 is 22.0 Å². The number of halogens is 1. The minimum atomic E-state index is 0.599. The highest BCUT2D eigenvalue weighted by atomic mass is 79.9. The SMILES string of the molecule is Brc1ccc(C=C2CCCCN2C2CCOC2)cc1. The van der Waals surface area contributed by atoms with Crippen molar-refractivity contribution in [3.8, 4) is 0 Å². The van der Waals surface area contributed by atoms with E-state index >= 15 is 0 Å². The van der Waals surface area contributed by atoms with Crippen molar-refractivity contribution in [2.45, 2.75) is 31.7 Å². The van der Waals surface area contributed by atoms with Crippen molar-refractivity contribution in [2.75, 3.05) is 19.8 Å². The second kappa shape index (κ2) is 6.10. The highest BCUT2D eigenvalue weighted by Crippen LogP contribution is 2.28. The molecule has 3 heteroatoms. The Morgan fingerprint density at radius 1 is 1.21 bits per heavy atom. The molecular weight excluding hydrogens is 302 g/mol. The Morgan fingerprint density at radius 2 is 2.05 bits per heavy atom. The second-order valence-corrected chi connectivity index (χ2v) is 6.27. The van der Waals surface area contributed by atoms with E-state index in [9.17, 15) is 0 Å². The van der Waals surface area contributed by atoms with Gasteiger partial charge in [-0.25, -0.2) is 0 Å².